The van der Waals surface area contributed by atoms with E-state index in [4.69, 9.17) is 4.74 Å². The zero-order valence-corrected chi connectivity index (χ0v) is 13.1. The number of nitrogens with one attached hydrogen (secondary N) is 1. The number of aryl methyl sites for hydroxylation is 2. The van der Waals surface area contributed by atoms with E-state index in [-0.39, 0.29) is 6.04 Å². The molecule has 2 aromatic rings. The van der Waals surface area contributed by atoms with Crippen LogP contribution in [-0.2, 0) is 0 Å². The predicted octanol–water partition coefficient (Wildman–Crippen LogP) is 4.21. The van der Waals surface area contributed by atoms with Crippen molar-refractivity contribution in [2.75, 3.05) is 7.05 Å². The summed E-state index contributed by atoms with van der Waals surface area (Å²) >= 11 is 1.87. The molecule has 2 nitrogen and oxygen atoms in total. The largest absolute Gasteiger partial charge is 0.490 e. The quantitative estimate of drug-likeness (QED) is 0.889. The summed E-state index contributed by atoms with van der Waals surface area (Å²) in [6, 6.07) is 11.1. The first-order valence-corrected chi connectivity index (χ1v) is 8.00. The van der Waals surface area contributed by atoms with Crippen LogP contribution in [0.15, 0.2) is 30.3 Å². The summed E-state index contributed by atoms with van der Waals surface area (Å²) in [5.41, 5.74) is 2.66. The van der Waals surface area contributed by atoms with E-state index in [2.05, 4.69) is 49.5 Å². The molecule has 1 fully saturated rings. The van der Waals surface area contributed by atoms with Gasteiger partial charge in [-0.05, 0) is 63.1 Å². The molecule has 0 bridgehead atoms. The van der Waals surface area contributed by atoms with Gasteiger partial charge in [0.2, 0.25) is 0 Å². The second-order valence-electron chi connectivity index (χ2n) is 5.50. The Labute approximate surface area is 124 Å². The van der Waals surface area contributed by atoms with Gasteiger partial charge in [0.15, 0.2) is 0 Å². The van der Waals surface area contributed by atoms with Crippen molar-refractivity contribution in [3.63, 3.8) is 0 Å². The Morgan fingerprint density at radius 2 is 1.90 bits per heavy atom. The van der Waals surface area contributed by atoms with E-state index >= 15 is 0 Å². The van der Waals surface area contributed by atoms with Gasteiger partial charge in [0.25, 0.3) is 0 Å². The highest BCUT2D eigenvalue weighted by molar-refractivity contribution is 7.12. The van der Waals surface area contributed by atoms with Gasteiger partial charge in [-0.15, -0.1) is 11.3 Å². The Morgan fingerprint density at radius 1 is 1.20 bits per heavy atom. The fraction of sp³-hybridized carbons (Fsp3) is 0.412. The fourth-order valence-electron chi connectivity index (χ4n) is 2.33. The molecule has 1 aromatic carbocycles. The lowest BCUT2D eigenvalue weighted by Gasteiger charge is -2.15. The molecule has 1 heterocycles. The SMILES string of the molecule is CNC(c1ccc(OC2CC2)cc1)c1cc(C)c(C)s1. The highest BCUT2D eigenvalue weighted by atomic mass is 32.1. The number of hydrogen-bond acceptors (Lipinski definition) is 3. The van der Waals surface area contributed by atoms with Crippen LogP contribution in [-0.4, -0.2) is 13.2 Å². The summed E-state index contributed by atoms with van der Waals surface area (Å²) in [6.07, 6.45) is 2.87. The van der Waals surface area contributed by atoms with Crippen LogP contribution in [0, 0.1) is 13.8 Å². The first kappa shape index (κ1) is 13.7. The summed E-state index contributed by atoms with van der Waals surface area (Å²) < 4.78 is 5.80. The third kappa shape index (κ3) is 2.89. The van der Waals surface area contributed by atoms with Gasteiger partial charge in [0.05, 0.1) is 12.1 Å². The van der Waals surface area contributed by atoms with Crippen molar-refractivity contribution < 1.29 is 4.74 Å². The lowest BCUT2D eigenvalue weighted by Crippen LogP contribution is -2.16. The summed E-state index contributed by atoms with van der Waals surface area (Å²) in [6.45, 7) is 4.36. The van der Waals surface area contributed by atoms with Crippen LogP contribution in [0.5, 0.6) is 5.75 Å². The second kappa shape index (κ2) is 5.58. The maximum atomic E-state index is 5.80. The summed E-state index contributed by atoms with van der Waals surface area (Å²) in [5, 5.41) is 3.42. The minimum Gasteiger partial charge on any atom is -0.490 e. The van der Waals surface area contributed by atoms with Crippen LogP contribution >= 0.6 is 11.3 Å². The molecular weight excluding hydrogens is 266 g/mol. The fourth-order valence-corrected chi connectivity index (χ4v) is 3.52. The standard InChI is InChI=1S/C17H21NOS/c1-11-10-16(20-12(11)2)17(18-3)13-4-6-14(7-5-13)19-15-8-9-15/h4-7,10,15,17-18H,8-9H2,1-3H3. The highest BCUT2D eigenvalue weighted by Gasteiger charge is 2.23. The highest BCUT2D eigenvalue weighted by Crippen LogP contribution is 2.32. The first-order valence-electron chi connectivity index (χ1n) is 7.18. The smallest absolute Gasteiger partial charge is 0.119 e. The molecule has 1 aromatic heterocycles. The van der Waals surface area contributed by atoms with Crippen molar-refractivity contribution >= 4 is 11.3 Å². The van der Waals surface area contributed by atoms with Gasteiger partial charge in [-0.3, -0.25) is 0 Å². The van der Waals surface area contributed by atoms with Crippen LogP contribution in [0.1, 0.15) is 39.8 Å². The van der Waals surface area contributed by atoms with E-state index in [9.17, 15) is 0 Å². The van der Waals surface area contributed by atoms with Crippen molar-refractivity contribution in [1.29, 1.82) is 0 Å². The Bertz CT molecular complexity index is 564. The van der Waals surface area contributed by atoms with Crippen molar-refractivity contribution in [3.05, 3.63) is 51.2 Å². The Morgan fingerprint density at radius 3 is 2.40 bits per heavy atom. The molecule has 3 heteroatoms. The molecule has 3 rings (SSSR count). The Kier molecular flexibility index (Phi) is 3.81. The zero-order valence-electron chi connectivity index (χ0n) is 12.3. The third-order valence-electron chi connectivity index (χ3n) is 3.80. The third-order valence-corrected chi connectivity index (χ3v) is 5.02. The van der Waals surface area contributed by atoms with Gasteiger partial charge in [-0.2, -0.15) is 0 Å². The molecule has 106 valence electrons. The average molecular weight is 287 g/mol. The number of thiophene rings is 1. The minimum atomic E-state index is 0.266. The molecular formula is C17H21NOS. The van der Waals surface area contributed by atoms with E-state index in [1.165, 1.54) is 33.7 Å². The van der Waals surface area contributed by atoms with E-state index in [1.807, 2.05) is 18.4 Å². The average Bonchev–Trinajstić information content (AvgIpc) is 3.19. The second-order valence-corrected chi connectivity index (χ2v) is 6.78. The molecule has 0 saturated heterocycles. The zero-order chi connectivity index (χ0) is 14.1. The molecule has 0 radical (unpaired) electrons. The minimum absolute atomic E-state index is 0.266. The molecule has 1 aliphatic carbocycles. The van der Waals surface area contributed by atoms with Gasteiger partial charge in [-0.25, -0.2) is 0 Å². The molecule has 1 N–H and O–H groups in total. The van der Waals surface area contributed by atoms with Gasteiger partial charge >= 0.3 is 0 Å². The summed E-state index contributed by atoms with van der Waals surface area (Å²) in [7, 11) is 2.02. The van der Waals surface area contributed by atoms with Gasteiger partial charge < -0.3 is 10.1 Å². The maximum Gasteiger partial charge on any atom is 0.119 e. The van der Waals surface area contributed by atoms with E-state index in [0.717, 1.165) is 5.75 Å². The topological polar surface area (TPSA) is 21.3 Å². The van der Waals surface area contributed by atoms with Gasteiger partial charge in [0, 0.05) is 9.75 Å². The number of benzene rings is 1. The molecule has 1 atom stereocenters. The molecule has 0 aliphatic heterocycles. The van der Waals surface area contributed by atoms with Crippen LogP contribution in [0.25, 0.3) is 0 Å². The lowest BCUT2D eigenvalue weighted by molar-refractivity contribution is 0.303. The molecule has 1 unspecified atom stereocenters. The van der Waals surface area contributed by atoms with E-state index in [0.29, 0.717) is 6.10 Å². The monoisotopic (exact) mass is 287 g/mol. The molecule has 0 spiro atoms. The Hall–Kier alpha value is -1.32. The molecule has 20 heavy (non-hydrogen) atoms. The van der Waals surface area contributed by atoms with Crippen molar-refractivity contribution in [3.8, 4) is 5.75 Å². The van der Waals surface area contributed by atoms with Crippen LogP contribution in [0.4, 0.5) is 0 Å². The van der Waals surface area contributed by atoms with Crippen LogP contribution in [0.2, 0.25) is 0 Å². The summed E-state index contributed by atoms with van der Waals surface area (Å²) in [4.78, 5) is 2.77. The van der Waals surface area contributed by atoms with E-state index in [1.54, 1.807) is 0 Å². The van der Waals surface area contributed by atoms with Crippen molar-refractivity contribution in [1.82, 2.24) is 5.32 Å². The van der Waals surface area contributed by atoms with Crippen LogP contribution < -0.4 is 10.1 Å². The number of rotatable bonds is 5. The van der Waals surface area contributed by atoms with Crippen molar-refractivity contribution in [2.24, 2.45) is 0 Å². The lowest BCUT2D eigenvalue weighted by atomic mass is 10.0. The normalized spacial score (nSPS) is 16.1. The van der Waals surface area contributed by atoms with Gasteiger partial charge in [0.1, 0.15) is 5.75 Å². The first-order chi connectivity index (χ1) is 9.67. The maximum absolute atomic E-state index is 5.80. The van der Waals surface area contributed by atoms with Crippen LogP contribution in [0.3, 0.4) is 0 Å². The Balaban J connectivity index is 1.80. The number of hydrogen-bond donors (Lipinski definition) is 1. The predicted molar refractivity (Wildman–Crippen MR) is 84.8 cm³/mol. The molecule has 1 aliphatic rings. The molecule has 1 saturated carbocycles. The van der Waals surface area contributed by atoms with Crippen molar-refractivity contribution in [2.45, 2.75) is 38.8 Å². The molecule has 0 amide bonds. The van der Waals surface area contributed by atoms with Gasteiger partial charge in [-0.1, -0.05) is 12.1 Å². The van der Waals surface area contributed by atoms with E-state index < -0.39 is 0 Å². The summed E-state index contributed by atoms with van der Waals surface area (Å²) in [5.74, 6) is 0.990. The number of ether oxygens (including phenoxy) is 1.